The Labute approximate surface area is 277 Å². The highest BCUT2D eigenvalue weighted by Crippen LogP contribution is 2.43. The first-order valence-corrected chi connectivity index (χ1v) is 16.0. The SMILES string of the molecule is Cc1ccn(-c2cc(-c3cccc(C(C)(C)C)c3)ccc2[C@@H](Oc2cc(N3CCC4(CC3)CNC(C(=O)O)C4)nc(N)n2)C(F)(F)F)n1. The van der Waals surface area contributed by atoms with E-state index >= 15 is 0 Å². The number of aliphatic carboxylic acids is 1. The van der Waals surface area contributed by atoms with Gasteiger partial charge in [-0.1, -0.05) is 57.2 Å². The number of carbonyl (C=O) groups is 1. The Balaban J connectivity index is 1.32. The standard InChI is InChI=1S/C35H40F3N7O3/c1-21-10-13-45(43-21)27-17-23(22-6-5-7-24(16-22)33(2,3)4)8-9-25(27)30(35(36,37)38)48-29-18-28(41-32(39)42-29)44-14-11-34(12-15-44)19-26(31(46)47)40-20-34/h5-10,13,16-18,26,30,40H,11-12,14-15,19-20H2,1-4H3,(H,46,47)(H2,39,41,42)/t26?,30-/m1/s1. The maximum absolute atomic E-state index is 14.9. The van der Waals surface area contributed by atoms with Crippen LogP contribution in [0.5, 0.6) is 5.88 Å². The van der Waals surface area contributed by atoms with E-state index in [-0.39, 0.29) is 33.9 Å². The van der Waals surface area contributed by atoms with Gasteiger partial charge in [-0.25, -0.2) is 4.68 Å². The van der Waals surface area contributed by atoms with E-state index in [4.69, 9.17) is 10.5 Å². The molecule has 0 saturated carbocycles. The minimum atomic E-state index is -4.82. The summed E-state index contributed by atoms with van der Waals surface area (Å²) in [6.45, 7) is 9.76. The number of nitrogens with two attached hydrogens (primary N) is 1. The number of carboxylic acid groups (broad SMARTS) is 1. The van der Waals surface area contributed by atoms with Crippen molar-refractivity contribution in [3.05, 3.63) is 77.6 Å². The number of nitrogens with one attached hydrogen (secondary N) is 1. The molecule has 2 saturated heterocycles. The van der Waals surface area contributed by atoms with Gasteiger partial charge < -0.3 is 25.8 Å². The minimum absolute atomic E-state index is 0.113. The van der Waals surface area contributed by atoms with Crippen LogP contribution in [0.15, 0.2) is 60.8 Å². The zero-order valence-corrected chi connectivity index (χ0v) is 27.4. The molecule has 1 unspecified atom stereocenters. The summed E-state index contributed by atoms with van der Waals surface area (Å²) in [7, 11) is 0. The number of aryl methyl sites for hydroxylation is 1. The Morgan fingerprint density at radius 3 is 2.42 bits per heavy atom. The van der Waals surface area contributed by atoms with Crippen LogP contribution >= 0.6 is 0 Å². The average Bonchev–Trinajstić information content (AvgIpc) is 3.65. The zero-order chi connectivity index (χ0) is 34.4. The van der Waals surface area contributed by atoms with Gasteiger partial charge in [0.25, 0.3) is 0 Å². The van der Waals surface area contributed by atoms with Crippen molar-refractivity contribution in [2.24, 2.45) is 5.41 Å². The number of halogens is 3. The molecule has 48 heavy (non-hydrogen) atoms. The number of alkyl halides is 3. The van der Waals surface area contributed by atoms with Gasteiger partial charge in [-0.05, 0) is 65.8 Å². The Morgan fingerprint density at radius 1 is 1.06 bits per heavy atom. The highest BCUT2D eigenvalue weighted by Gasteiger charge is 2.46. The lowest BCUT2D eigenvalue weighted by Gasteiger charge is -2.39. The van der Waals surface area contributed by atoms with E-state index in [2.05, 4.69) is 41.2 Å². The normalized spacial score (nSPS) is 18.6. The first-order valence-electron chi connectivity index (χ1n) is 16.0. The summed E-state index contributed by atoms with van der Waals surface area (Å²) in [5.74, 6) is -1.03. The van der Waals surface area contributed by atoms with Crippen molar-refractivity contribution in [2.75, 3.05) is 30.3 Å². The van der Waals surface area contributed by atoms with Crippen molar-refractivity contribution in [1.82, 2.24) is 25.1 Å². The lowest BCUT2D eigenvalue weighted by molar-refractivity contribution is -0.198. The summed E-state index contributed by atoms with van der Waals surface area (Å²) in [6.07, 6.45) is -3.66. The highest BCUT2D eigenvalue weighted by atomic mass is 19.4. The van der Waals surface area contributed by atoms with E-state index in [1.165, 1.54) is 16.8 Å². The molecule has 4 N–H and O–H groups in total. The van der Waals surface area contributed by atoms with Gasteiger partial charge in [0.15, 0.2) is 0 Å². The molecule has 2 aliphatic rings. The van der Waals surface area contributed by atoms with E-state index in [1.807, 2.05) is 29.2 Å². The fourth-order valence-corrected chi connectivity index (χ4v) is 6.62. The van der Waals surface area contributed by atoms with Gasteiger partial charge in [-0.15, -0.1) is 0 Å². The van der Waals surface area contributed by atoms with Gasteiger partial charge in [0.05, 0.1) is 11.4 Å². The molecule has 13 heteroatoms. The zero-order valence-electron chi connectivity index (χ0n) is 27.4. The molecule has 0 radical (unpaired) electrons. The number of nitrogen functional groups attached to an aromatic ring is 1. The molecule has 0 aliphatic carbocycles. The summed E-state index contributed by atoms with van der Waals surface area (Å²) in [5.41, 5.74) is 9.17. The number of anilines is 2. The molecule has 2 atom stereocenters. The quantitative estimate of drug-likeness (QED) is 0.211. The topological polar surface area (TPSA) is 131 Å². The molecular weight excluding hydrogens is 623 g/mol. The lowest BCUT2D eigenvalue weighted by atomic mass is 9.76. The number of carboxylic acids is 1. The van der Waals surface area contributed by atoms with Crippen LogP contribution in [-0.2, 0) is 10.2 Å². The molecule has 254 valence electrons. The number of benzene rings is 2. The molecule has 2 aromatic carbocycles. The second-order valence-electron chi connectivity index (χ2n) is 13.9. The summed E-state index contributed by atoms with van der Waals surface area (Å²) in [4.78, 5) is 21.7. The molecule has 6 rings (SSSR count). The third-order valence-electron chi connectivity index (χ3n) is 9.39. The fraction of sp³-hybridized carbons (Fsp3) is 0.429. The Bertz CT molecular complexity index is 1810. The molecule has 2 aromatic heterocycles. The molecule has 10 nitrogen and oxygen atoms in total. The first-order chi connectivity index (χ1) is 22.6. The van der Waals surface area contributed by atoms with E-state index < -0.39 is 24.3 Å². The predicted octanol–water partition coefficient (Wildman–Crippen LogP) is 6.23. The average molecular weight is 664 g/mol. The number of piperidine rings is 1. The van der Waals surface area contributed by atoms with E-state index in [0.717, 1.165) is 16.7 Å². The van der Waals surface area contributed by atoms with Crippen LogP contribution in [0.4, 0.5) is 24.9 Å². The largest absolute Gasteiger partial charge is 0.480 e. The first kappa shape index (κ1) is 33.3. The molecule has 1 spiro atoms. The van der Waals surface area contributed by atoms with Gasteiger partial charge in [-0.3, -0.25) is 4.79 Å². The van der Waals surface area contributed by atoms with Crippen LogP contribution in [0.3, 0.4) is 0 Å². The lowest BCUT2D eigenvalue weighted by Crippen LogP contribution is -2.41. The van der Waals surface area contributed by atoms with Gasteiger partial charge >= 0.3 is 12.1 Å². The second kappa shape index (κ2) is 12.4. The van der Waals surface area contributed by atoms with Crippen molar-refractivity contribution in [1.29, 1.82) is 0 Å². The van der Waals surface area contributed by atoms with Gasteiger partial charge in [0.2, 0.25) is 17.9 Å². The summed E-state index contributed by atoms with van der Waals surface area (Å²) >= 11 is 0. The number of ether oxygens (including phenoxy) is 1. The maximum atomic E-state index is 14.9. The summed E-state index contributed by atoms with van der Waals surface area (Å²) < 4.78 is 51.9. The van der Waals surface area contributed by atoms with Crippen LogP contribution < -0.4 is 20.7 Å². The van der Waals surface area contributed by atoms with Crippen LogP contribution in [0, 0.1) is 12.3 Å². The van der Waals surface area contributed by atoms with Crippen LogP contribution in [-0.4, -0.2) is 62.7 Å². The molecule has 4 aromatic rings. The smallest absolute Gasteiger partial charge is 0.429 e. The van der Waals surface area contributed by atoms with E-state index in [0.29, 0.717) is 50.4 Å². The number of hydrogen-bond donors (Lipinski definition) is 3. The number of aromatic nitrogens is 4. The monoisotopic (exact) mass is 663 g/mol. The molecule has 0 amide bonds. The fourth-order valence-electron chi connectivity index (χ4n) is 6.62. The Kier molecular flexibility index (Phi) is 8.61. The molecule has 4 heterocycles. The highest BCUT2D eigenvalue weighted by molar-refractivity contribution is 5.74. The Hall–Kier alpha value is -4.65. The third-order valence-corrected chi connectivity index (χ3v) is 9.39. The maximum Gasteiger partial charge on any atom is 0.429 e. The molecular formula is C35H40F3N7O3. The molecule has 2 aliphatic heterocycles. The van der Waals surface area contributed by atoms with Crippen LogP contribution in [0.2, 0.25) is 0 Å². The molecule has 0 bridgehead atoms. The number of rotatable bonds is 7. The van der Waals surface area contributed by atoms with Crippen molar-refractivity contribution < 1.29 is 27.8 Å². The van der Waals surface area contributed by atoms with Crippen molar-refractivity contribution in [3.63, 3.8) is 0 Å². The predicted molar refractivity (Wildman–Crippen MR) is 176 cm³/mol. The summed E-state index contributed by atoms with van der Waals surface area (Å²) in [5, 5.41) is 16.9. The Morgan fingerprint density at radius 2 is 1.79 bits per heavy atom. The third kappa shape index (κ3) is 6.96. The summed E-state index contributed by atoms with van der Waals surface area (Å²) in [6, 6.07) is 15.3. The van der Waals surface area contributed by atoms with Crippen LogP contribution in [0.25, 0.3) is 16.8 Å². The van der Waals surface area contributed by atoms with Crippen molar-refractivity contribution in [2.45, 2.75) is 70.7 Å². The van der Waals surface area contributed by atoms with Gasteiger partial charge in [0, 0.05) is 37.5 Å². The minimum Gasteiger partial charge on any atom is -0.480 e. The molecule has 2 fully saturated rings. The van der Waals surface area contributed by atoms with Crippen molar-refractivity contribution >= 4 is 17.7 Å². The van der Waals surface area contributed by atoms with Gasteiger partial charge in [0.1, 0.15) is 11.9 Å². The number of nitrogens with zero attached hydrogens (tertiary/aromatic N) is 5. The van der Waals surface area contributed by atoms with Crippen LogP contribution in [0.1, 0.15) is 63.0 Å². The van der Waals surface area contributed by atoms with E-state index in [1.54, 1.807) is 31.3 Å². The van der Waals surface area contributed by atoms with E-state index in [9.17, 15) is 23.1 Å². The number of hydrogen-bond acceptors (Lipinski definition) is 8. The second-order valence-corrected chi connectivity index (χ2v) is 13.9. The van der Waals surface area contributed by atoms with Gasteiger partial charge in [-0.2, -0.15) is 28.2 Å². The van der Waals surface area contributed by atoms with Crippen molar-refractivity contribution in [3.8, 4) is 22.7 Å².